The monoisotopic (exact) mass is 703 g/mol. The zero-order valence-corrected chi connectivity index (χ0v) is 28.1. The SMILES string of the molecule is c1c[nH]cn1.c1c[nH]cn1.c1ccc2c(c1)ccc1ocnc12.c1ccc2nccnc2c1.c1ccc2ocnc2c1.c1cnccn1.c1cocn1. The van der Waals surface area contributed by atoms with Gasteiger partial charge in [-0.15, -0.1) is 0 Å². The lowest BCUT2D eigenvalue weighted by molar-refractivity contribution is 0.558. The van der Waals surface area contributed by atoms with Gasteiger partial charge in [-0.2, -0.15) is 0 Å². The molecular weight excluding hydrogens is 671 g/mol. The normalized spacial score (nSPS) is 9.51. The minimum atomic E-state index is 0.845. The Bertz CT molecular complexity index is 2250. The van der Waals surface area contributed by atoms with E-state index >= 15 is 0 Å². The van der Waals surface area contributed by atoms with Gasteiger partial charge in [-0.1, -0.05) is 54.6 Å². The number of rotatable bonds is 0. The highest BCUT2D eigenvalue weighted by molar-refractivity contribution is 6.03. The number of hydrogen-bond acceptors (Lipinski definition) is 12. The van der Waals surface area contributed by atoms with Crippen molar-refractivity contribution in [1.29, 1.82) is 0 Å². The van der Waals surface area contributed by atoms with Crippen LogP contribution in [0.5, 0.6) is 0 Å². The molecule has 0 fully saturated rings. The molecule has 14 heteroatoms. The Morgan fingerprint density at radius 3 is 1.55 bits per heavy atom. The third kappa shape index (κ3) is 12.8. The Kier molecular flexibility index (Phi) is 15.1. The summed E-state index contributed by atoms with van der Waals surface area (Å²) in [5.41, 5.74) is 5.45. The zero-order chi connectivity index (χ0) is 36.4. The molecule has 14 nitrogen and oxygen atoms in total. The number of aromatic amines is 2. The molecule has 7 heterocycles. The average Bonchev–Trinajstić information content (AvgIpc) is 4.10. The third-order valence-corrected chi connectivity index (χ3v) is 6.47. The Labute approximate surface area is 302 Å². The minimum absolute atomic E-state index is 0.845. The van der Waals surface area contributed by atoms with Gasteiger partial charge in [0.2, 0.25) is 0 Å². The molecule has 0 unspecified atom stereocenters. The molecule has 0 saturated heterocycles. The Balaban J connectivity index is 0.000000123. The minimum Gasteiger partial charge on any atom is -0.452 e. The van der Waals surface area contributed by atoms with Crippen LogP contribution in [0.25, 0.3) is 44.0 Å². The van der Waals surface area contributed by atoms with Crippen LogP contribution in [0, 0.1) is 0 Å². The van der Waals surface area contributed by atoms with E-state index in [0.717, 1.165) is 38.6 Å². The molecule has 262 valence electrons. The average molecular weight is 704 g/mol. The summed E-state index contributed by atoms with van der Waals surface area (Å²) in [6.45, 7) is 0. The summed E-state index contributed by atoms with van der Waals surface area (Å²) in [6, 6.07) is 27.6. The molecule has 0 saturated carbocycles. The lowest BCUT2D eigenvalue weighted by Crippen LogP contribution is -1.78. The van der Waals surface area contributed by atoms with E-state index in [1.54, 1.807) is 80.8 Å². The van der Waals surface area contributed by atoms with Gasteiger partial charge in [-0.3, -0.25) is 19.9 Å². The third-order valence-electron chi connectivity index (χ3n) is 6.47. The van der Waals surface area contributed by atoms with Crippen molar-refractivity contribution in [2.75, 3.05) is 0 Å². The van der Waals surface area contributed by atoms with Crippen LogP contribution in [0.2, 0.25) is 0 Å². The molecule has 0 aliphatic rings. The molecule has 0 radical (unpaired) electrons. The van der Waals surface area contributed by atoms with Gasteiger partial charge in [0, 0.05) is 67.4 Å². The van der Waals surface area contributed by atoms with Crippen molar-refractivity contribution < 1.29 is 13.3 Å². The molecule has 2 N–H and O–H groups in total. The van der Waals surface area contributed by atoms with Gasteiger partial charge in [-0.05, 0) is 35.7 Å². The van der Waals surface area contributed by atoms with E-state index in [9.17, 15) is 0 Å². The standard InChI is InChI=1S/C11H7NO.C8H6N2.C7H5NO.C4H4N2.2C3H4N2.C3H3NO/c1-2-4-9-8(3-1)5-6-10-11(9)12-7-13-10;1-2-4-8-7(3-1)9-5-6-10-8;1-2-4-7-6(3-1)8-5-9-7;1-2-6-4-3-5-1;3*1-2-5-3-4-1/h1-7H;1-6H;1-5H;1-4H;2*1-3H,(H,4,5);1-3H. The van der Waals surface area contributed by atoms with Crippen molar-refractivity contribution >= 4 is 44.0 Å². The van der Waals surface area contributed by atoms with Crippen molar-refractivity contribution in [2.45, 2.75) is 0 Å². The van der Waals surface area contributed by atoms with Crippen molar-refractivity contribution in [3.05, 3.63) is 191 Å². The number of aromatic nitrogens is 11. The van der Waals surface area contributed by atoms with E-state index in [2.05, 4.69) is 71.4 Å². The number of nitrogens with one attached hydrogen (secondary N) is 2. The predicted octanol–water partition coefficient (Wildman–Crippen LogP) is 8.41. The second-order valence-corrected chi connectivity index (χ2v) is 9.94. The van der Waals surface area contributed by atoms with Gasteiger partial charge >= 0.3 is 0 Å². The van der Waals surface area contributed by atoms with Crippen molar-refractivity contribution in [3.63, 3.8) is 0 Å². The number of hydrogen-bond donors (Lipinski definition) is 2. The van der Waals surface area contributed by atoms with Crippen LogP contribution < -0.4 is 0 Å². The molecule has 0 atom stereocenters. The highest BCUT2D eigenvalue weighted by atomic mass is 16.3. The lowest BCUT2D eigenvalue weighted by atomic mass is 10.1. The fourth-order valence-corrected chi connectivity index (χ4v) is 4.17. The van der Waals surface area contributed by atoms with E-state index in [1.807, 2.05) is 72.8 Å². The molecule has 0 bridgehead atoms. The summed E-state index contributed by atoms with van der Waals surface area (Å²) in [4.78, 5) is 40.2. The zero-order valence-electron chi connectivity index (χ0n) is 28.1. The first kappa shape index (κ1) is 36.4. The van der Waals surface area contributed by atoms with E-state index in [-0.39, 0.29) is 0 Å². The molecule has 0 aliphatic carbocycles. The van der Waals surface area contributed by atoms with Gasteiger partial charge in [0.05, 0.1) is 29.9 Å². The molecule has 0 amide bonds. The number of benzene rings is 4. The van der Waals surface area contributed by atoms with Crippen LogP contribution >= 0.6 is 0 Å². The molecule has 53 heavy (non-hydrogen) atoms. The van der Waals surface area contributed by atoms with Crippen molar-refractivity contribution in [2.24, 2.45) is 0 Å². The van der Waals surface area contributed by atoms with E-state index < -0.39 is 0 Å². The fraction of sp³-hybridized carbons (Fsp3) is 0. The number of imidazole rings is 2. The molecule has 7 aromatic heterocycles. The number of H-pyrrole nitrogens is 2. The lowest BCUT2D eigenvalue weighted by Gasteiger charge is -1.95. The molecular formula is C39H33N11O3. The molecule has 4 aromatic carbocycles. The summed E-state index contributed by atoms with van der Waals surface area (Å²) in [6.07, 6.45) is 27.5. The Morgan fingerprint density at radius 1 is 0.415 bits per heavy atom. The molecule has 0 aliphatic heterocycles. The van der Waals surface area contributed by atoms with Gasteiger partial charge < -0.3 is 23.2 Å². The van der Waals surface area contributed by atoms with Crippen LogP contribution in [-0.2, 0) is 0 Å². The first-order valence-electron chi connectivity index (χ1n) is 15.9. The summed E-state index contributed by atoms with van der Waals surface area (Å²) >= 11 is 0. The number of fused-ring (bicyclic) bond motifs is 5. The highest BCUT2D eigenvalue weighted by Crippen LogP contribution is 2.23. The van der Waals surface area contributed by atoms with Crippen LogP contribution in [0.1, 0.15) is 0 Å². The van der Waals surface area contributed by atoms with Gasteiger partial charge in [0.25, 0.3) is 0 Å². The second kappa shape index (κ2) is 22.0. The van der Waals surface area contributed by atoms with Crippen LogP contribution in [-0.4, -0.2) is 54.8 Å². The summed E-state index contributed by atoms with van der Waals surface area (Å²) in [5, 5.41) is 2.35. The Morgan fingerprint density at radius 2 is 1.02 bits per heavy atom. The summed E-state index contributed by atoms with van der Waals surface area (Å²) in [7, 11) is 0. The number of oxazole rings is 3. The maximum Gasteiger partial charge on any atom is 0.182 e. The first-order chi connectivity index (χ1) is 26.4. The predicted molar refractivity (Wildman–Crippen MR) is 201 cm³/mol. The van der Waals surface area contributed by atoms with Crippen LogP contribution in [0.15, 0.2) is 204 Å². The number of para-hydroxylation sites is 4. The molecule has 0 spiro atoms. The number of nitrogens with zero attached hydrogens (tertiary/aromatic N) is 9. The largest absolute Gasteiger partial charge is 0.452 e. The summed E-state index contributed by atoms with van der Waals surface area (Å²) < 4.78 is 14.7. The summed E-state index contributed by atoms with van der Waals surface area (Å²) in [5.74, 6) is 0. The Hall–Kier alpha value is -7.87. The fourth-order valence-electron chi connectivity index (χ4n) is 4.17. The maximum absolute atomic E-state index is 5.21. The quantitative estimate of drug-likeness (QED) is 0.154. The van der Waals surface area contributed by atoms with Crippen LogP contribution in [0.3, 0.4) is 0 Å². The first-order valence-corrected chi connectivity index (χ1v) is 15.9. The molecule has 11 rings (SSSR count). The van der Waals surface area contributed by atoms with E-state index in [0.29, 0.717) is 0 Å². The van der Waals surface area contributed by atoms with E-state index in [1.165, 1.54) is 30.8 Å². The van der Waals surface area contributed by atoms with Crippen molar-refractivity contribution in [1.82, 2.24) is 54.8 Å². The topological polar surface area (TPSA) is 187 Å². The smallest absolute Gasteiger partial charge is 0.182 e. The second-order valence-electron chi connectivity index (χ2n) is 9.94. The van der Waals surface area contributed by atoms with Crippen LogP contribution in [0.4, 0.5) is 0 Å². The van der Waals surface area contributed by atoms with Gasteiger partial charge in [-0.25, -0.2) is 24.9 Å². The molecule has 11 aromatic rings. The van der Waals surface area contributed by atoms with E-state index in [4.69, 9.17) is 8.83 Å². The van der Waals surface area contributed by atoms with Gasteiger partial charge in [0.1, 0.15) is 17.3 Å². The van der Waals surface area contributed by atoms with Crippen molar-refractivity contribution in [3.8, 4) is 0 Å². The highest BCUT2D eigenvalue weighted by Gasteiger charge is 2.02. The maximum atomic E-state index is 5.21. The van der Waals surface area contributed by atoms with Gasteiger partial charge in [0.15, 0.2) is 30.3 Å².